The predicted octanol–water partition coefficient (Wildman–Crippen LogP) is 6.15. The van der Waals surface area contributed by atoms with Crippen molar-refractivity contribution in [3.05, 3.63) is 42.0 Å². The number of carbonyl (C=O) groups is 1. The number of amidine groups is 1. The molecule has 5 atom stereocenters. The summed E-state index contributed by atoms with van der Waals surface area (Å²) < 4.78 is 34.1. The van der Waals surface area contributed by atoms with Crippen LogP contribution in [0.15, 0.2) is 51.3 Å². The topological polar surface area (TPSA) is 104 Å². The lowest BCUT2D eigenvalue weighted by Crippen LogP contribution is -2.42. The van der Waals surface area contributed by atoms with Gasteiger partial charge < -0.3 is 19.7 Å². The summed E-state index contributed by atoms with van der Waals surface area (Å²) in [7, 11) is 2.02. The van der Waals surface area contributed by atoms with Gasteiger partial charge in [0.25, 0.3) is 0 Å². The van der Waals surface area contributed by atoms with Crippen LogP contribution >= 0.6 is 11.8 Å². The van der Waals surface area contributed by atoms with E-state index in [4.69, 9.17) is 4.74 Å². The van der Waals surface area contributed by atoms with Gasteiger partial charge in [0, 0.05) is 31.1 Å². The highest BCUT2D eigenvalue weighted by Gasteiger charge is 2.42. The smallest absolute Gasteiger partial charge is 0.243 e. The summed E-state index contributed by atoms with van der Waals surface area (Å²) in [5.74, 6) is 1.18. The maximum absolute atomic E-state index is 13.6. The molecule has 5 unspecified atom stereocenters. The zero-order chi connectivity index (χ0) is 33.7. The molecule has 0 spiro atoms. The van der Waals surface area contributed by atoms with E-state index in [0.29, 0.717) is 23.1 Å². The first-order valence-electron chi connectivity index (χ1n) is 17.0. The summed E-state index contributed by atoms with van der Waals surface area (Å²) in [5.41, 5.74) is 1.04. The number of aliphatic imine (C=N–C) groups is 2. The molecule has 11 heteroatoms. The number of carbonyl (C=O) groups excluding carboxylic acids is 1. The number of likely N-dealkylation sites (tertiary alicyclic amines) is 1. The van der Waals surface area contributed by atoms with Gasteiger partial charge in [-0.15, -0.1) is 0 Å². The zero-order valence-electron chi connectivity index (χ0n) is 29.0. The predicted molar refractivity (Wildman–Crippen MR) is 192 cm³/mol. The number of hydrogen-bond acceptors (Lipinski definition) is 8. The Morgan fingerprint density at radius 1 is 1.15 bits per heavy atom. The molecule has 258 valence electrons. The summed E-state index contributed by atoms with van der Waals surface area (Å²) in [6.07, 6.45) is 13.6. The summed E-state index contributed by atoms with van der Waals surface area (Å²) in [4.78, 5) is 22.8. The molecule has 2 fully saturated rings. The number of aldehydes is 1. The molecular formula is C35H57N5O4S2. The number of nitrogens with one attached hydrogen (secondary N) is 1. The van der Waals surface area contributed by atoms with Crippen molar-refractivity contribution in [1.82, 2.24) is 14.5 Å². The van der Waals surface area contributed by atoms with Gasteiger partial charge in [0.05, 0.1) is 12.0 Å². The van der Waals surface area contributed by atoms with E-state index in [1.165, 1.54) is 0 Å². The third-order valence-corrected chi connectivity index (χ3v) is 11.7. The van der Waals surface area contributed by atoms with Crippen LogP contribution in [0.3, 0.4) is 0 Å². The van der Waals surface area contributed by atoms with Crippen LogP contribution in [0.2, 0.25) is 0 Å². The second-order valence-electron chi connectivity index (χ2n) is 13.0. The van der Waals surface area contributed by atoms with Crippen molar-refractivity contribution in [2.45, 2.75) is 114 Å². The molecule has 3 aliphatic rings. The van der Waals surface area contributed by atoms with Gasteiger partial charge >= 0.3 is 0 Å². The molecular weight excluding hydrogens is 619 g/mol. The van der Waals surface area contributed by atoms with Crippen LogP contribution in [0.25, 0.3) is 0 Å². The van der Waals surface area contributed by atoms with E-state index in [0.717, 1.165) is 81.5 Å². The molecule has 0 radical (unpaired) electrons. The van der Waals surface area contributed by atoms with Gasteiger partial charge in [0.15, 0.2) is 5.17 Å². The number of ether oxygens (including phenoxy) is 1. The van der Waals surface area contributed by atoms with Gasteiger partial charge in [-0.3, -0.25) is 4.99 Å². The fraction of sp³-hybridized carbons (Fsp3) is 0.686. The second-order valence-corrected chi connectivity index (χ2v) is 16.2. The molecule has 9 nitrogen and oxygen atoms in total. The maximum Gasteiger partial charge on any atom is 0.243 e. The van der Waals surface area contributed by atoms with Crippen LogP contribution in [-0.4, -0.2) is 92.8 Å². The third kappa shape index (κ3) is 12.1. The monoisotopic (exact) mass is 675 g/mol. The van der Waals surface area contributed by atoms with Crippen LogP contribution in [0.4, 0.5) is 0 Å². The Morgan fingerprint density at radius 3 is 2.46 bits per heavy atom. The number of methoxy groups -OCH3 is 1. The van der Waals surface area contributed by atoms with Crippen molar-refractivity contribution in [3.63, 3.8) is 0 Å². The van der Waals surface area contributed by atoms with Crippen LogP contribution in [-0.2, 0) is 26.0 Å². The molecule has 0 bridgehead atoms. The first-order chi connectivity index (χ1) is 22.0. The molecule has 1 aliphatic carbocycles. The molecule has 1 saturated carbocycles. The Balaban J connectivity index is 0.000000322. The number of thioether (sulfide) groups is 1. The van der Waals surface area contributed by atoms with Crippen LogP contribution in [0, 0.1) is 11.8 Å². The first-order valence-corrected chi connectivity index (χ1v) is 19.3. The van der Waals surface area contributed by atoms with Crippen LogP contribution in [0.1, 0.15) is 84.6 Å². The SMILES string of the molecule is CCCC(C)CC(C=O)Cc1ccc(S(=O)(=O)N(C2CC2)C2CCCN(C)CC2)cc1.CN=C1NC(C)/C=C\C(OC)=N/C(C)S1. The van der Waals surface area contributed by atoms with Crippen molar-refractivity contribution >= 4 is 39.1 Å². The molecule has 1 N–H and O–H groups in total. The third-order valence-electron chi connectivity index (χ3n) is 8.75. The van der Waals surface area contributed by atoms with Crippen LogP contribution < -0.4 is 5.32 Å². The van der Waals surface area contributed by atoms with E-state index < -0.39 is 10.0 Å². The van der Waals surface area contributed by atoms with Crippen molar-refractivity contribution in [1.29, 1.82) is 0 Å². The highest BCUT2D eigenvalue weighted by Crippen LogP contribution is 2.37. The number of nitrogens with zero attached hydrogens (tertiary/aromatic N) is 4. The molecule has 1 saturated heterocycles. The van der Waals surface area contributed by atoms with Crippen LogP contribution in [0.5, 0.6) is 0 Å². The summed E-state index contributed by atoms with van der Waals surface area (Å²) >= 11 is 1.59. The standard InChI is InChI=1S/C25H40N2O3S.C10H17N3OS/c1-4-6-20(2)17-22(19-28)18-21-8-12-25(13-9-21)31(29,30)27(24-10-11-24)23-7-5-15-26(3)16-14-23;1-7-5-6-9(14-4)13-8(2)15-10(11-3)12-7/h8-9,12-13,19-20,22-24H,4-7,10-11,14-18H2,1-3H3;5-8H,1-4H3,(H,11,12)/b;6-5-,13-9+. The van der Waals surface area contributed by atoms with Crippen molar-refractivity contribution in [3.8, 4) is 0 Å². The van der Waals surface area contributed by atoms with E-state index in [1.807, 2.05) is 35.5 Å². The maximum atomic E-state index is 13.6. The highest BCUT2D eigenvalue weighted by atomic mass is 32.2. The van der Waals surface area contributed by atoms with Gasteiger partial charge in [0.2, 0.25) is 15.9 Å². The lowest BCUT2D eigenvalue weighted by Gasteiger charge is -2.30. The average molecular weight is 676 g/mol. The molecule has 1 aromatic rings. The fourth-order valence-electron chi connectivity index (χ4n) is 6.18. The Morgan fingerprint density at radius 2 is 1.85 bits per heavy atom. The number of rotatable bonds is 11. The minimum Gasteiger partial charge on any atom is -0.481 e. The minimum absolute atomic E-state index is 0.00468. The van der Waals surface area contributed by atoms with E-state index in [2.05, 4.69) is 48.0 Å². The van der Waals surface area contributed by atoms with Gasteiger partial charge in [-0.2, -0.15) is 4.31 Å². The van der Waals surface area contributed by atoms with Gasteiger partial charge in [0.1, 0.15) is 11.7 Å². The van der Waals surface area contributed by atoms with E-state index in [9.17, 15) is 13.2 Å². The zero-order valence-corrected chi connectivity index (χ0v) is 30.7. The minimum atomic E-state index is -3.50. The normalized spacial score (nSPS) is 26.9. The van der Waals surface area contributed by atoms with Gasteiger partial charge in [-0.1, -0.05) is 56.7 Å². The molecule has 2 aliphatic heterocycles. The Bertz CT molecular complexity index is 1280. The fourth-order valence-corrected chi connectivity index (χ4v) is 8.95. The van der Waals surface area contributed by atoms with Crippen molar-refractivity contribution in [2.75, 3.05) is 34.3 Å². The Labute approximate surface area is 282 Å². The van der Waals surface area contributed by atoms with E-state index >= 15 is 0 Å². The van der Waals surface area contributed by atoms with E-state index in [-0.39, 0.29) is 29.4 Å². The average Bonchev–Trinajstić information content (AvgIpc) is 3.87. The van der Waals surface area contributed by atoms with Gasteiger partial charge in [-0.25, -0.2) is 13.4 Å². The molecule has 2 heterocycles. The second kappa shape index (κ2) is 19.0. The lowest BCUT2D eigenvalue weighted by molar-refractivity contribution is -0.111. The Kier molecular flexibility index (Phi) is 15.8. The number of hydrogen-bond donors (Lipinski definition) is 1. The highest BCUT2D eigenvalue weighted by molar-refractivity contribution is 8.14. The molecule has 46 heavy (non-hydrogen) atoms. The Hall–Kier alpha value is -2.21. The van der Waals surface area contributed by atoms with Gasteiger partial charge in [-0.05, 0) is 109 Å². The van der Waals surface area contributed by atoms with Crippen molar-refractivity contribution in [2.24, 2.45) is 21.8 Å². The molecule has 4 rings (SSSR count). The quantitative estimate of drug-likeness (QED) is 0.281. The van der Waals surface area contributed by atoms with E-state index in [1.54, 1.807) is 38.1 Å². The number of benzene rings is 1. The summed E-state index contributed by atoms with van der Waals surface area (Å²) in [6.45, 7) is 10.4. The van der Waals surface area contributed by atoms with Crippen molar-refractivity contribution < 1.29 is 17.9 Å². The largest absolute Gasteiger partial charge is 0.481 e. The number of sulfonamides is 1. The first kappa shape index (κ1) is 38.2. The molecule has 1 aromatic carbocycles. The molecule has 0 amide bonds. The summed E-state index contributed by atoms with van der Waals surface area (Å²) in [6, 6.07) is 7.79. The molecule has 0 aromatic heterocycles. The lowest BCUT2D eigenvalue weighted by atomic mass is 9.89. The summed E-state index contributed by atoms with van der Waals surface area (Å²) in [5, 5.41) is 4.28.